The molecule has 3 aromatic carbocycles. The van der Waals surface area contributed by atoms with E-state index in [-0.39, 0.29) is 11.6 Å². The Bertz CT molecular complexity index is 797. The zero-order valence-corrected chi connectivity index (χ0v) is 11.6. The Labute approximate surface area is 123 Å². The van der Waals surface area contributed by atoms with Crippen molar-refractivity contribution < 1.29 is 8.78 Å². The zero-order chi connectivity index (χ0) is 14.8. The number of hydrogen-bond acceptors (Lipinski definition) is 0. The van der Waals surface area contributed by atoms with Gasteiger partial charge in [0.05, 0.1) is 0 Å². The first-order valence-corrected chi connectivity index (χ1v) is 6.78. The van der Waals surface area contributed by atoms with Gasteiger partial charge in [0, 0.05) is 11.1 Å². The highest BCUT2D eigenvalue weighted by Crippen LogP contribution is 2.33. The first-order valence-electron chi connectivity index (χ1n) is 6.78. The van der Waals surface area contributed by atoms with Crippen molar-refractivity contribution in [3.63, 3.8) is 0 Å². The number of rotatable bonds is 2. The van der Waals surface area contributed by atoms with Crippen LogP contribution in [0, 0.1) is 11.6 Å². The molecule has 0 aromatic heterocycles. The molecular formula is C18H13BF2. The third-order valence-corrected chi connectivity index (χ3v) is 3.58. The van der Waals surface area contributed by atoms with Crippen LogP contribution in [0.1, 0.15) is 0 Å². The largest absolute Gasteiger partial charge is 0.206 e. The van der Waals surface area contributed by atoms with Crippen LogP contribution in [0.25, 0.3) is 22.3 Å². The lowest BCUT2D eigenvalue weighted by Gasteiger charge is -2.14. The molecule has 0 aliphatic heterocycles. The van der Waals surface area contributed by atoms with E-state index >= 15 is 0 Å². The maximum absolute atomic E-state index is 14.2. The SMILES string of the molecule is Bc1cccc(-c2ccccc2F)c1-c1ccccc1F. The maximum atomic E-state index is 14.2. The Balaban J connectivity index is 2.32. The molecule has 0 atom stereocenters. The minimum absolute atomic E-state index is 0.301. The van der Waals surface area contributed by atoms with E-state index in [1.54, 1.807) is 36.4 Å². The summed E-state index contributed by atoms with van der Waals surface area (Å²) in [4.78, 5) is 0. The van der Waals surface area contributed by atoms with Gasteiger partial charge in [-0.25, -0.2) is 8.78 Å². The van der Waals surface area contributed by atoms with Crippen LogP contribution < -0.4 is 5.46 Å². The Hall–Kier alpha value is -2.42. The van der Waals surface area contributed by atoms with E-state index < -0.39 is 0 Å². The number of halogens is 2. The van der Waals surface area contributed by atoms with Crippen molar-refractivity contribution in [2.45, 2.75) is 0 Å². The smallest absolute Gasteiger partial charge is 0.140 e. The van der Waals surface area contributed by atoms with Crippen LogP contribution in [-0.4, -0.2) is 7.85 Å². The van der Waals surface area contributed by atoms with E-state index in [2.05, 4.69) is 0 Å². The predicted octanol–water partition coefficient (Wildman–Crippen LogP) is 3.56. The molecule has 0 nitrogen and oxygen atoms in total. The topological polar surface area (TPSA) is 0 Å². The lowest BCUT2D eigenvalue weighted by atomic mass is 9.82. The fraction of sp³-hybridized carbons (Fsp3) is 0. The molecular weight excluding hydrogens is 265 g/mol. The highest BCUT2D eigenvalue weighted by molar-refractivity contribution is 6.37. The molecule has 0 saturated carbocycles. The second kappa shape index (κ2) is 5.53. The second-order valence-electron chi connectivity index (χ2n) is 4.96. The number of hydrogen-bond donors (Lipinski definition) is 0. The molecule has 0 aliphatic rings. The predicted molar refractivity (Wildman–Crippen MR) is 85.4 cm³/mol. The van der Waals surface area contributed by atoms with Gasteiger partial charge in [-0.1, -0.05) is 60.1 Å². The Morgan fingerprint density at radius 2 is 1.10 bits per heavy atom. The fourth-order valence-electron chi connectivity index (χ4n) is 2.59. The van der Waals surface area contributed by atoms with Crippen LogP contribution >= 0.6 is 0 Å². The van der Waals surface area contributed by atoms with E-state index in [9.17, 15) is 8.78 Å². The van der Waals surface area contributed by atoms with Crippen LogP contribution in [0.2, 0.25) is 0 Å². The van der Waals surface area contributed by atoms with Crippen molar-refractivity contribution in [1.82, 2.24) is 0 Å². The third kappa shape index (κ3) is 2.47. The molecule has 0 amide bonds. The van der Waals surface area contributed by atoms with Crippen LogP contribution in [0.3, 0.4) is 0 Å². The van der Waals surface area contributed by atoms with Crippen molar-refractivity contribution in [2.24, 2.45) is 0 Å². The molecule has 0 radical (unpaired) electrons. The molecule has 0 saturated heterocycles. The van der Waals surface area contributed by atoms with Crippen molar-refractivity contribution in [2.75, 3.05) is 0 Å². The van der Waals surface area contributed by atoms with Crippen LogP contribution in [0.4, 0.5) is 8.78 Å². The Morgan fingerprint density at radius 1 is 0.571 bits per heavy atom. The molecule has 3 heteroatoms. The van der Waals surface area contributed by atoms with E-state index in [4.69, 9.17) is 0 Å². The standard InChI is InChI=1S/C18H13BF2/c19-15-9-5-8-13(12-6-1-3-10-16(12)20)18(15)14-7-2-4-11-17(14)21/h1-11H,19H2. The minimum Gasteiger partial charge on any atom is -0.206 e. The van der Waals surface area contributed by atoms with Crippen molar-refractivity contribution in [3.05, 3.63) is 78.4 Å². The molecule has 0 unspecified atom stereocenters. The van der Waals surface area contributed by atoms with Crippen molar-refractivity contribution in [1.29, 1.82) is 0 Å². The van der Waals surface area contributed by atoms with Gasteiger partial charge < -0.3 is 0 Å². The van der Waals surface area contributed by atoms with E-state index in [0.717, 1.165) is 11.0 Å². The molecule has 0 spiro atoms. The average molecular weight is 278 g/mol. The summed E-state index contributed by atoms with van der Waals surface area (Å²) < 4.78 is 28.3. The summed E-state index contributed by atoms with van der Waals surface area (Å²) in [6.07, 6.45) is 0. The molecule has 0 aliphatic carbocycles. The van der Waals surface area contributed by atoms with Crippen LogP contribution in [0.15, 0.2) is 66.7 Å². The van der Waals surface area contributed by atoms with E-state index in [0.29, 0.717) is 16.7 Å². The summed E-state index contributed by atoms with van der Waals surface area (Å²) >= 11 is 0. The monoisotopic (exact) mass is 278 g/mol. The summed E-state index contributed by atoms with van der Waals surface area (Å²) in [7, 11) is 1.91. The van der Waals surface area contributed by atoms with Gasteiger partial charge in [0.25, 0.3) is 0 Å². The molecule has 3 rings (SSSR count). The van der Waals surface area contributed by atoms with Crippen molar-refractivity contribution in [3.8, 4) is 22.3 Å². The maximum Gasteiger partial charge on any atom is 0.140 e. The fourth-order valence-corrected chi connectivity index (χ4v) is 2.59. The van der Waals surface area contributed by atoms with Crippen molar-refractivity contribution >= 4 is 13.3 Å². The first kappa shape index (κ1) is 13.6. The number of benzene rings is 3. The van der Waals surface area contributed by atoms with Gasteiger partial charge in [0.2, 0.25) is 0 Å². The molecule has 102 valence electrons. The van der Waals surface area contributed by atoms with Gasteiger partial charge in [0.15, 0.2) is 0 Å². The van der Waals surface area contributed by atoms with Gasteiger partial charge in [-0.3, -0.25) is 0 Å². The lowest BCUT2D eigenvalue weighted by Crippen LogP contribution is -2.09. The third-order valence-electron chi connectivity index (χ3n) is 3.58. The zero-order valence-electron chi connectivity index (χ0n) is 11.6. The van der Waals surface area contributed by atoms with E-state index in [1.165, 1.54) is 12.1 Å². The molecule has 3 aromatic rings. The van der Waals surface area contributed by atoms with Gasteiger partial charge in [-0.05, 0) is 23.3 Å². The molecule has 0 bridgehead atoms. The van der Waals surface area contributed by atoms with Gasteiger partial charge in [0.1, 0.15) is 19.5 Å². The second-order valence-corrected chi connectivity index (χ2v) is 4.96. The highest BCUT2D eigenvalue weighted by Gasteiger charge is 2.15. The Morgan fingerprint density at radius 3 is 1.71 bits per heavy atom. The summed E-state index contributed by atoms with van der Waals surface area (Å²) in [6, 6.07) is 18.8. The minimum atomic E-state index is -0.305. The Kier molecular flexibility index (Phi) is 3.57. The highest BCUT2D eigenvalue weighted by atomic mass is 19.1. The lowest BCUT2D eigenvalue weighted by molar-refractivity contribution is 0.629. The molecule has 0 heterocycles. The van der Waals surface area contributed by atoms with E-state index in [1.807, 2.05) is 26.0 Å². The molecule has 0 N–H and O–H groups in total. The van der Waals surface area contributed by atoms with Gasteiger partial charge in [-0.15, -0.1) is 0 Å². The summed E-state index contributed by atoms with van der Waals surface area (Å²) in [5.74, 6) is -0.606. The van der Waals surface area contributed by atoms with Crippen LogP contribution in [0.5, 0.6) is 0 Å². The first-order chi connectivity index (χ1) is 10.2. The normalized spacial score (nSPS) is 10.6. The summed E-state index contributed by atoms with van der Waals surface area (Å²) in [5.41, 5.74) is 3.34. The van der Waals surface area contributed by atoms with Crippen LogP contribution in [-0.2, 0) is 0 Å². The van der Waals surface area contributed by atoms with Gasteiger partial charge in [-0.2, -0.15) is 0 Å². The molecule has 21 heavy (non-hydrogen) atoms. The average Bonchev–Trinajstić information content (AvgIpc) is 2.49. The summed E-state index contributed by atoms with van der Waals surface area (Å²) in [6.45, 7) is 0. The molecule has 0 fully saturated rings. The summed E-state index contributed by atoms with van der Waals surface area (Å²) in [5, 5.41) is 0. The van der Waals surface area contributed by atoms with Gasteiger partial charge >= 0.3 is 0 Å². The quantitative estimate of drug-likeness (QED) is 0.629.